The standard InChI is InChI=1S/C17H11ClN2O3S/c18-12-3-1-2-4-14(12)20-15(21)13(19-17(20)24)9-10-5-7-11(8-6-10)16(22)23/h1-9H,(H,19,24)(H,22,23)/b13-9+. The van der Waals surface area contributed by atoms with Gasteiger partial charge >= 0.3 is 5.97 Å². The van der Waals surface area contributed by atoms with Crippen molar-refractivity contribution in [3.63, 3.8) is 0 Å². The van der Waals surface area contributed by atoms with Crippen LogP contribution in [0.5, 0.6) is 0 Å². The molecule has 0 atom stereocenters. The number of anilines is 1. The lowest BCUT2D eigenvalue weighted by atomic mass is 10.1. The zero-order valence-corrected chi connectivity index (χ0v) is 13.8. The largest absolute Gasteiger partial charge is 0.478 e. The van der Waals surface area contributed by atoms with E-state index in [0.29, 0.717) is 22.0 Å². The molecule has 0 aromatic heterocycles. The summed E-state index contributed by atoms with van der Waals surface area (Å²) in [6.07, 6.45) is 1.61. The number of hydrogen-bond acceptors (Lipinski definition) is 3. The number of thiocarbonyl (C=S) groups is 1. The van der Waals surface area contributed by atoms with Crippen LogP contribution in [0.3, 0.4) is 0 Å². The fraction of sp³-hybridized carbons (Fsp3) is 0. The number of nitrogens with one attached hydrogen (secondary N) is 1. The molecule has 5 nitrogen and oxygen atoms in total. The minimum Gasteiger partial charge on any atom is -0.478 e. The Labute approximate surface area is 148 Å². The summed E-state index contributed by atoms with van der Waals surface area (Å²) in [5, 5.41) is 12.4. The van der Waals surface area contributed by atoms with E-state index in [-0.39, 0.29) is 16.6 Å². The highest BCUT2D eigenvalue weighted by molar-refractivity contribution is 7.80. The minimum absolute atomic E-state index is 0.177. The van der Waals surface area contributed by atoms with Gasteiger partial charge in [0.05, 0.1) is 16.3 Å². The number of aromatic carboxylic acids is 1. The molecule has 120 valence electrons. The molecule has 1 amide bonds. The van der Waals surface area contributed by atoms with Crippen molar-refractivity contribution in [3.05, 3.63) is 70.4 Å². The molecule has 3 rings (SSSR count). The Bertz CT molecular complexity index is 878. The van der Waals surface area contributed by atoms with Crippen molar-refractivity contribution in [3.8, 4) is 0 Å². The molecule has 24 heavy (non-hydrogen) atoms. The topological polar surface area (TPSA) is 69.6 Å². The maximum atomic E-state index is 12.6. The summed E-state index contributed by atoms with van der Waals surface area (Å²) < 4.78 is 0. The summed E-state index contributed by atoms with van der Waals surface area (Å²) in [6, 6.07) is 13.1. The lowest BCUT2D eigenvalue weighted by molar-refractivity contribution is -0.113. The molecule has 0 spiro atoms. The number of benzene rings is 2. The van der Waals surface area contributed by atoms with Crippen molar-refractivity contribution in [2.75, 3.05) is 4.90 Å². The molecule has 2 aromatic carbocycles. The van der Waals surface area contributed by atoms with Crippen molar-refractivity contribution >= 4 is 52.6 Å². The average molecular weight is 359 g/mol. The molecule has 0 aliphatic carbocycles. The van der Waals surface area contributed by atoms with E-state index in [0.717, 1.165) is 0 Å². The van der Waals surface area contributed by atoms with Gasteiger partial charge in [-0.2, -0.15) is 0 Å². The summed E-state index contributed by atoms with van der Waals surface area (Å²) in [7, 11) is 0. The van der Waals surface area contributed by atoms with Crippen molar-refractivity contribution < 1.29 is 14.7 Å². The summed E-state index contributed by atoms with van der Waals surface area (Å²) in [6.45, 7) is 0. The zero-order chi connectivity index (χ0) is 17.3. The quantitative estimate of drug-likeness (QED) is 0.650. The van der Waals surface area contributed by atoms with Gasteiger partial charge in [-0.3, -0.25) is 9.69 Å². The second-order valence-corrected chi connectivity index (χ2v) is 5.80. The highest BCUT2D eigenvalue weighted by Gasteiger charge is 2.32. The number of nitrogens with zero attached hydrogens (tertiary/aromatic N) is 1. The number of hydrogen-bond donors (Lipinski definition) is 2. The number of halogens is 1. The molecule has 2 aromatic rings. The van der Waals surface area contributed by atoms with E-state index in [1.165, 1.54) is 17.0 Å². The van der Waals surface area contributed by atoms with E-state index in [4.69, 9.17) is 28.9 Å². The van der Waals surface area contributed by atoms with Gasteiger partial charge in [-0.25, -0.2) is 4.79 Å². The third kappa shape index (κ3) is 3.02. The summed E-state index contributed by atoms with van der Waals surface area (Å²) >= 11 is 11.4. The first-order valence-corrected chi connectivity index (χ1v) is 7.71. The molecule has 7 heteroatoms. The van der Waals surface area contributed by atoms with Gasteiger partial charge in [0.1, 0.15) is 5.70 Å². The van der Waals surface area contributed by atoms with E-state index in [2.05, 4.69) is 5.32 Å². The van der Waals surface area contributed by atoms with Crippen LogP contribution in [0, 0.1) is 0 Å². The van der Waals surface area contributed by atoms with E-state index in [1.807, 2.05) is 0 Å². The van der Waals surface area contributed by atoms with Gasteiger partial charge in [-0.1, -0.05) is 35.9 Å². The van der Waals surface area contributed by atoms with Gasteiger partial charge in [-0.15, -0.1) is 0 Å². The Balaban J connectivity index is 1.91. The highest BCUT2D eigenvalue weighted by atomic mass is 35.5. The van der Waals surface area contributed by atoms with Crippen molar-refractivity contribution in [1.29, 1.82) is 0 Å². The first kappa shape index (κ1) is 16.2. The van der Waals surface area contributed by atoms with Crippen LogP contribution in [0.2, 0.25) is 5.02 Å². The first-order chi connectivity index (χ1) is 11.5. The van der Waals surface area contributed by atoms with Gasteiger partial charge in [0.15, 0.2) is 5.11 Å². The second-order valence-electron chi connectivity index (χ2n) is 5.01. The van der Waals surface area contributed by atoms with Crippen LogP contribution in [-0.4, -0.2) is 22.1 Å². The van der Waals surface area contributed by atoms with E-state index in [1.54, 1.807) is 42.5 Å². The zero-order valence-electron chi connectivity index (χ0n) is 12.2. The van der Waals surface area contributed by atoms with Crippen LogP contribution in [0.25, 0.3) is 6.08 Å². The Hall–Kier alpha value is -2.70. The van der Waals surface area contributed by atoms with E-state index in [9.17, 15) is 9.59 Å². The third-order valence-electron chi connectivity index (χ3n) is 3.44. The molecule has 1 heterocycles. The number of para-hydroxylation sites is 1. The fourth-order valence-corrected chi connectivity index (χ4v) is 2.79. The number of carbonyl (C=O) groups excluding carboxylic acids is 1. The predicted molar refractivity (Wildman–Crippen MR) is 96.1 cm³/mol. The number of carboxylic acid groups (broad SMARTS) is 1. The smallest absolute Gasteiger partial charge is 0.335 e. The van der Waals surface area contributed by atoms with Gasteiger partial charge in [-0.05, 0) is 48.1 Å². The molecule has 0 unspecified atom stereocenters. The maximum Gasteiger partial charge on any atom is 0.335 e. The lowest BCUT2D eigenvalue weighted by Crippen LogP contribution is -2.30. The normalized spacial score (nSPS) is 15.7. The molecule has 1 fully saturated rings. The minimum atomic E-state index is -1.00. The Kier molecular flexibility index (Phi) is 4.33. The third-order valence-corrected chi connectivity index (χ3v) is 4.04. The number of carboxylic acids is 1. The van der Waals surface area contributed by atoms with Crippen molar-refractivity contribution in [2.45, 2.75) is 0 Å². The SMILES string of the molecule is O=C(O)c1ccc(/C=C2/NC(=S)N(c3ccccc3Cl)C2=O)cc1. The summed E-state index contributed by atoms with van der Waals surface area (Å²) in [5.74, 6) is -1.33. The van der Waals surface area contributed by atoms with E-state index >= 15 is 0 Å². The van der Waals surface area contributed by atoms with Crippen LogP contribution in [-0.2, 0) is 4.79 Å². The fourth-order valence-electron chi connectivity index (χ4n) is 2.28. The molecule has 1 saturated heterocycles. The number of rotatable bonds is 3. The van der Waals surface area contributed by atoms with Crippen molar-refractivity contribution in [2.24, 2.45) is 0 Å². The molecule has 0 saturated carbocycles. The average Bonchev–Trinajstić information content (AvgIpc) is 2.83. The molecular weight excluding hydrogens is 348 g/mol. The number of amides is 1. The van der Waals surface area contributed by atoms with Crippen LogP contribution >= 0.6 is 23.8 Å². The van der Waals surface area contributed by atoms with Gasteiger partial charge in [0, 0.05) is 0 Å². The Morgan fingerprint density at radius 2 is 1.83 bits per heavy atom. The van der Waals surface area contributed by atoms with Crippen LogP contribution in [0.15, 0.2) is 54.2 Å². The summed E-state index contributed by atoms with van der Waals surface area (Å²) in [5.41, 5.74) is 1.66. The Morgan fingerprint density at radius 1 is 1.17 bits per heavy atom. The highest BCUT2D eigenvalue weighted by Crippen LogP contribution is 2.29. The van der Waals surface area contributed by atoms with Crippen LogP contribution in [0.4, 0.5) is 5.69 Å². The Morgan fingerprint density at radius 3 is 2.46 bits per heavy atom. The molecule has 0 radical (unpaired) electrons. The molecular formula is C17H11ClN2O3S. The second kappa shape index (κ2) is 6.43. The molecule has 1 aliphatic rings. The molecule has 1 aliphatic heterocycles. The van der Waals surface area contributed by atoms with Gasteiger partial charge < -0.3 is 10.4 Å². The summed E-state index contributed by atoms with van der Waals surface area (Å²) in [4.78, 5) is 24.8. The van der Waals surface area contributed by atoms with E-state index < -0.39 is 5.97 Å². The number of carbonyl (C=O) groups is 2. The lowest BCUT2D eigenvalue weighted by Gasteiger charge is -2.15. The first-order valence-electron chi connectivity index (χ1n) is 6.92. The maximum absolute atomic E-state index is 12.6. The predicted octanol–water partition coefficient (Wildman–Crippen LogP) is 3.30. The van der Waals surface area contributed by atoms with Gasteiger partial charge in [0.2, 0.25) is 0 Å². The molecule has 2 N–H and O–H groups in total. The van der Waals surface area contributed by atoms with Gasteiger partial charge in [0.25, 0.3) is 5.91 Å². The van der Waals surface area contributed by atoms with Crippen molar-refractivity contribution in [1.82, 2.24) is 5.32 Å². The van der Waals surface area contributed by atoms with Crippen LogP contribution < -0.4 is 10.2 Å². The molecule has 0 bridgehead atoms. The van der Waals surface area contributed by atoms with Crippen LogP contribution in [0.1, 0.15) is 15.9 Å². The monoisotopic (exact) mass is 358 g/mol.